The Bertz CT molecular complexity index is 1230. The SMILES string of the molecule is COc1c(C)cc(Br)cc1C(=O)Nc1cccc(-c2nc3ccc(C)cc3o2)c1. The quantitative estimate of drug-likeness (QED) is 0.405. The maximum Gasteiger partial charge on any atom is 0.259 e. The van der Waals surface area contributed by atoms with Gasteiger partial charge >= 0.3 is 0 Å². The Labute approximate surface area is 176 Å². The molecule has 0 saturated carbocycles. The molecule has 146 valence electrons. The first-order chi connectivity index (χ1) is 13.9. The molecule has 0 saturated heterocycles. The monoisotopic (exact) mass is 450 g/mol. The van der Waals surface area contributed by atoms with E-state index in [0.717, 1.165) is 32.3 Å². The second-order valence-electron chi connectivity index (χ2n) is 6.83. The van der Waals surface area contributed by atoms with Crippen molar-refractivity contribution in [2.24, 2.45) is 0 Å². The molecule has 4 aromatic rings. The van der Waals surface area contributed by atoms with Crippen molar-refractivity contribution in [2.45, 2.75) is 13.8 Å². The molecule has 1 heterocycles. The van der Waals surface area contributed by atoms with Crippen LogP contribution in [-0.2, 0) is 0 Å². The van der Waals surface area contributed by atoms with Gasteiger partial charge in [0.1, 0.15) is 11.3 Å². The Balaban J connectivity index is 1.65. The number of hydrogen-bond donors (Lipinski definition) is 1. The topological polar surface area (TPSA) is 64.4 Å². The standard InChI is InChI=1S/C23H19BrN2O3/c1-13-7-8-19-20(9-13)29-23(26-19)15-5-4-6-17(11-15)25-22(27)18-12-16(24)10-14(2)21(18)28-3/h4-12H,1-3H3,(H,25,27). The number of amides is 1. The first-order valence-electron chi connectivity index (χ1n) is 9.08. The highest BCUT2D eigenvalue weighted by atomic mass is 79.9. The van der Waals surface area contributed by atoms with Gasteiger partial charge in [-0.25, -0.2) is 4.98 Å². The third kappa shape index (κ3) is 3.89. The summed E-state index contributed by atoms with van der Waals surface area (Å²) < 4.78 is 12.1. The summed E-state index contributed by atoms with van der Waals surface area (Å²) in [5, 5.41) is 2.93. The van der Waals surface area contributed by atoms with Crippen molar-refractivity contribution >= 4 is 38.6 Å². The van der Waals surface area contributed by atoms with Gasteiger partial charge in [-0.3, -0.25) is 4.79 Å². The van der Waals surface area contributed by atoms with Crippen molar-refractivity contribution in [1.82, 2.24) is 4.98 Å². The number of carbonyl (C=O) groups is 1. The van der Waals surface area contributed by atoms with E-state index in [1.54, 1.807) is 13.2 Å². The molecule has 0 fully saturated rings. The Morgan fingerprint density at radius 1 is 1.10 bits per heavy atom. The van der Waals surface area contributed by atoms with E-state index in [4.69, 9.17) is 9.15 Å². The van der Waals surface area contributed by atoms with Crippen LogP contribution in [0, 0.1) is 13.8 Å². The van der Waals surface area contributed by atoms with Gasteiger partial charge in [0, 0.05) is 15.7 Å². The average molecular weight is 451 g/mol. The van der Waals surface area contributed by atoms with Crippen molar-refractivity contribution in [1.29, 1.82) is 0 Å². The summed E-state index contributed by atoms with van der Waals surface area (Å²) >= 11 is 3.44. The van der Waals surface area contributed by atoms with Gasteiger partial charge in [-0.1, -0.05) is 28.1 Å². The molecule has 0 aliphatic heterocycles. The fourth-order valence-corrected chi connectivity index (χ4v) is 3.83. The molecule has 5 nitrogen and oxygen atoms in total. The molecule has 0 unspecified atom stereocenters. The van der Waals surface area contributed by atoms with Crippen LogP contribution in [0.15, 0.2) is 63.5 Å². The van der Waals surface area contributed by atoms with Crippen LogP contribution in [0.1, 0.15) is 21.5 Å². The predicted molar refractivity (Wildman–Crippen MR) is 118 cm³/mol. The van der Waals surface area contributed by atoms with Gasteiger partial charge in [0.05, 0.1) is 12.7 Å². The predicted octanol–water partition coefficient (Wildman–Crippen LogP) is 6.14. The van der Waals surface area contributed by atoms with E-state index in [0.29, 0.717) is 22.9 Å². The summed E-state index contributed by atoms with van der Waals surface area (Å²) in [6.45, 7) is 3.91. The van der Waals surface area contributed by atoms with Gasteiger partial charge in [0.15, 0.2) is 5.58 Å². The van der Waals surface area contributed by atoms with Crippen LogP contribution < -0.4 is 10.1 Å². The number of hydrogen-bond acceptors (Lipinski definition) is 4. The fraction of sp³-hybridized carbons (Fsp3) is 0.130. The Kier molecular flexibility index (Phi) is 5.11. The third-order valence-electron chi connectivity index (χ3n) is 4.60. The molecule has 0 spiro atoms. The molecule has 0 aliphatic carbocycles. The molecule has 1 aromatic heterocycles. The first-order valence-corrected chi connectivity index (χ1v) is 9.87. The minimum absolute atomic E-state index is 0.253. The number of carbonyl (C=O) groups excluding carboxylic acids is 1. The van der Waals surface area contributed by atoms with Crippen LogP contribution in [0.3, 0.4) is 0 Å². The maximum atomic E-state index is 12.9. The lowest BCUT2D eigenvalue weighted by molar-refractivity contribution is 0.102. The molecule has 1 amide bonds. The van der Waals surface area contributed by atoms with E-state index in [9.17, 15) is 4.79 Å². The molecule has 1 N–H and O–H groups in total. The van der Waals surface area contributed by atoms with Crippen molar-refractivity contribution in [3.8, 4) is 17.2 Å². The van der Waals surface area contributed by atoms with E-state index >= 15 is 0 Å². The minimum atomic E-state index is -0.253. The first kappa shape index (κ1) is 19.2. The lowest BCUT2D eigenvalue weighted by Gasteiger charge is -2.13. The second-order valence-corrected chi connectivity index (χ2v) is 7.74. The van der Waals surface area contributed by atoms with Crippen LogP contribution in [0.2, 0.25) is 0 Å². The molecule has 0 atom stereocenters. The number of anilines is 1. The molecule has 0 bridgehead atoms. The zero-order valence-electron chi connectivity index (χ0n) is 16.2. The van der Waals surface area contributed by atoms with Crippen LogP contribution in [0.5, 0.6) is 5.75 Å². The number of benzene rings is 3. The largest absolute Gasteiger partial charge is 0.496 e. The Morgan fingerprint density at radius 2 is 1.93 bits per heavy atom. The number of halogens is 1. The molecular formula is C23H19BrN2O3. The average Bonchev–Trinajstić information content (AvgIpc) is 3.11. The fourth-order valence-electron chi connectivity index (χ4n) is 3.25. The van der Waals surface area contributed by atoms with E-state index < -0.39 is 0 Å². The van der Waals surface area contributed by atoms with Crippen molar-refractivity contribution in [3.05, 3.63) is 75.8 Å². The van der Waals surface area contributed by atoms with Gasteiger partial charge in [-0.05, 0) is 67.4 Å². The second kappa shape index (κ2) is 7.72. The summed E-state index contributed by atoms with van der Waals surface area (Å²) in [4.78, 5) is 17.4. The molecule has 29 heavy (non-hydrogen) atoms. The summed E-state index contributed by atoms with van der Waals surface area (Å²) in [6.07, 6.45) is 0. The van der Waals surface area contributed by atoms with E-state index in [2.05, 4.69) is 26.2 Å². The number of methoxy groups -OCH3 is 1. The summed E-state index contributed by atoms with van der Waals surface area (Å²) in [5.74, 6) is 0.811. The van der Waals surface area contributed by atoms with Gasteiger partial charge in [0.2, 0.25) is 5.89 Å². The number of nitrogens with one attached hydrogen (secondary N) is 1. The highest BCUT2D eigenvalue weighted by molar-refractivity contribution is 9.10. The summed E-state index contributed by atoms with van der Waals surface area (Å²) in [6, 6.07) is 17.0. The molecule has 3 aromatic carbocycles. The summed E-state index contributed by atoms with van der Waals surface area (Å²) in [5.41, 5.74) is 5.42. The van der Waals surface area contributed by atoms with Gasteiger partial charge in [-0.15, -0.1) is 0 Å². The molecule has 0 aliphatic rings. The Morgan fingerprint density at radius 3 is 2.72 bits per heavy atom. The zero-order chi connectivity index (χ0) is 20.5. The summed E-state index contributed by atoms with van der Waals surface area (Å²) in [7, 11) is 1.56. The third-order valence-corrected chi connectivity index (χ3v) is 5.06. The van der Waals surface area contributed by atoms with E-state index in [1.807, 2.05) is 62.4 Å². The smallest absolute Gasteiger partial charge is 0.259 e. The lowest BCUT2D eigenvalue weighted by Crippen LogP contribution is -2.14. The lowest BCUT2D eigenvalue weighted by atomic mass is 10.1. The molecule has 0 radical (unpaired) electrons. The minimum Gasteiger partial charge on any atom is -0.496 e. The van der Waals surface area contributed by atoms with E-state index in [1.165, 1.54) is 0 Å². The number of oxazole rings is 1. The number of ether oxygens (including phenoxy) is 1. The van der Waals surface area contributed by atoms with Crippen LogP contribution >= 0.6 is 15.9 Å². The molecule has 4 rings (SSSR count). The maximum absolute atomic E-state index is 12.9. The highest BCUT2D eigenvalue weighted by Crippen LogP contribution is 2.30. The number of fused-ring (bicyclic) bond motifs is 1. The van der Waals surface area contributed by atoms with Crippen molar-refractivity contribution in [2.75, 3.05) is 12.4 Å². The van der Waals surface area contributed by atoms with Gasteiger partial charge in [0.25, 0.3) is 5.91 Å². The van der Waals surface area contributed by atoms with Crippen molar-refractivity contribution < 1.29 is 13.9 Å². The number of rotatable bonds is 4. The number of aryl methyl sites for hydroxylation is 2. The van der Waals surface area contributed by atoms with Crippen LogP contribution in [0.25, 0.3) is 22.6 Å². The zero-order valence-corrected chi connectivity index (χ0v) is 17.8. The normalized spacial score (nSPS) is 10.9. The van der Waals surface area contributed by atoms with Gasteiger partial charge < -0.3 is 14.5 Å². The van der Waals surface area contributed by atoms with Crippen LogP contribution in [0.4, 0.5) is 5.69 Å². The van der Waals surface area contributed by atoms with Crippen molar-refractivity contribution in [3.63, 3.8) is 0 Å². The van der Waals surface area contributed by atoms with Crippen LogP contribution in [-0.4, -0.2) is 18.0 Å². The highest BCUT2D eigenvalue weighted by Gasteiger charge is 2.16. The molecule has 6 heteroatoms. The van der Waals surface area contributed by atoms with E-state index in [-0.39, 0.29) is 5.91 Å². The Hall–Kier alpha value is -3.12. The number of aromatic nitrogens is 1. The van der Waals surface area contributed by atoms with Gasteiger partial charge in [-0.2, -0.15) is 0 Å². The number of nitrogens with zero attached hydrogens (tertiary/aromatic N) is 1. The molecular weight excluding hydrogens is 432 g/mol.